The molecule has 0 aliphatic rings. The van der Waals surface area contributed by atoms with Crippen molar-refractivity contribution in [3.05, 3.63) is 59.4 Å². The lowest BCUT2D eigenvalue weighted by Gasteiger charge is -2.07. The zero-order valence-corrected chi connectivity index (χ0v) is 11.5. The molecule has 2 rings (SSSR count). The van der Waals surface area contributed by atoms with Crippen LogP contribution in [0.4, 0.5) is 10.1 Å². The Hall–Kier alpha value is -2.32. The summed E-state index contributed by atoms with van der Waals surface area (Å²) in [5.74, 6) is -1.01. The summed E-state index contributed by atoms with van der Waals surface area (Å²) < 4.78 is 13.7. The van der Waals surface area contributed by atoms with Gasteiger partial charge in [-0.25, -0.2) is 4.39 Å². The number of rotatable bonds is 3. The fourth-order valence-electron chi connectivity index (χ4n) is 1.62. The summed E-state index contributed by atoms with van der Waals surface area (Å²) in [6.45, 7) is 0. The summed E-state index contributed by atoms with van der Waals surface area (Å²) in [6, 6.07) is 12.8. The second-order valence-electron chi connectivity index (χ2n) is 3.99. The number of thioether (sulfide) groups is 1. The van der Waals surface area contributed by atoms with E-state index >= 15 is 0 Å². The van der Waals surface area contributed by atoms with Crippen LogP contribution < -0.4 is 5.32 Å². The molecule has 0 radical (unpaired) electrons. The SMILES string of the molecule is CSc1ccc(C(=O)Nc2ccc(C#N)cc2F)cc1. The van der Waals surface area contributed by atoms with Crippen molar-refractivity contribution in [3.63, 3.8) is 0 Å². The van der Waals surface area contributed by atoms with E-state index in [4.69, 9.17) is 5.26 Å². The standard InChI is InChI=1S/C15H11FN2OS/c1-20-12-5-3-11(4-6-12)15(19)18-14-7-2-10(9-17)8-13(14)16/h2-8H,1H3,(H,18,19). The summed E-state index contributed by atoms with van der Waals surface area (Å²) >= 11 is 1.58. The monoisotopic (exact) mass is 286 g/mol. The van der Waals surface area contributed by atoms with Crippen molar-refractivity contribution in [3.8, 4) is 6.07 Å². The highest BCUT2D eigenvalue weighted by atomic mass is 32.2. The van der Waals surface area contributed by atoms with Gasteiger partial charge < -0.3 is 5.32 Å². The molecule has 0 saturated heterocycles. The highest BCUT2D eigenvalue weighted by Gasteiger charge is 2.09. The van der Waals surface area contributed by atoms with E-state index in [0.717, 1.165) is 11.0 Å². The van der Waals surface area contributed by atoms with Crippen LogP contribution in [0.2, 0.25) is 0 Å². The van der Waals surface area contributed by atoms with E-state index in [2.05, 4.69) is 5.32 Å². The maximum absolute atomic E-state index is 13.7. The van der Waals surface area contributed by atoms with Gasteiger partial charge in [-0.2, -0.15) is 5.26 Å². The molecule has 5 heteroatoms. The lowest BCUT2D eigenvalue weighted by molar-refractivity contribution is 0.102. The Bertz CT molecular complexity index is 677. The van der Waals surface area contributed by atoms with Gasteiger partial charge in [-0.3, -0.25) is 4.79 Å². The number of hydrogen-bond donors (Lipinski definition) is 1. The van der Waals surface area contributed by atoms with E-state index in [9.17, 15) is 9.18 Å². The number of anilines is 1. The molecule has 20 heavy (non-hydrogen) atoms. The van der Waals surface area contributed by atoms with E-state index < -0.39 is 5.82 Å². The molecule has 0 aliphatic heterocycles. The van der Waals surface area contributed by atoms with E-state index in [1.807, 2.05) is 24.5 Å². The predicted molar refractivity (Wildman–Crippen MR) is 77.3 cm³/mol. The molecule has 0 bridgehead atoms. The van der Waals surface area contributed by atoms with Crippen LogP contribution in [0.3, 0.4) is 0 Å². The number of carbonyl (C=O) groups excluding carboxylic acids is 1. The van der Waals surface area contributed by atoms with Crippen molar-refractivity contribution in [2.75, 3.05) is 11.6 Å². The minimum Gasteiger partial charge on any atom is -0.319 e. The number of benzene rings is 2. The van der Waals surface area contributed by atoms with Crippen LogP contribution >= 0.6 is 11.8 Å². The molecule has 2 aromatic carbocycles. The highest BCUT2D eigenvalue weighted by molar-refractivity contribution is 7.98. The van der Waals surface area contributed by atoms with Gasteiger partial charge in [-0.15, -0.1) is 11.8 Å². The van der Waals surface area contributed by atoms with Crippen molar-refractivity contribution in [2.24, 2.45) is 0 Å². The zero-order chi connectivity index (χ0) is 14.5. The first-order valence-corrected chi connectivity index (χ1v) is 7.01. The summed E-state index contributed by atoms with van der Waals surface area (Å²) in [4.78, 5) is 13.0. The lowest BCUT2D eigenvalue weighted by Crippen LogP contribution is -2.12. The maximum Gasteiger partial charge on any atom is 0.255 e. The number of amides is 1. The Labute approximate surface area is 120 Å². The molecule has 0 atom stereocenters. The zero-order valence-electron chi connectivity index (χ0n) is 10.7. The Balaban J connectivity index is 2.17. The fraction of sp³-hybridized carbons (Fsp3) is 0.0667. The second-order valence-corrected chi connectivity index (χ2v) is 4.87. The molecule has 0 saturated carbocycles. The number of nitriles is 1. The Kier molecular flexibility index (Phi) is 4.38. The number of halogens is 1. The van der Waals surface area contributed by atoms with Gasteiger partial charge in [0.1, 0.15) is 5.82 Å². The van der Waals surface area contributed by atoms with Crippen LogP contribution in [0.1, 0.15) is 15.9 Å². The van der Waals surface area contributed by atoms with Crippen LogP contribution in [-0.4, -0.2) is 12.2 Å². The Morgan fingerprint density at radius 1 is 1.25 bits per heavy atom. The fourth-order valence-corrected chi connectivity index (χ4v) is 2.03. The number of hydrogen-bond acceptors (Lipinski definition) is 3. The van der Waals surface area contributed by atoms with Crippen LogP contribution in [-0.2, 0) is 0 Å². The summed E-state index contributed by atoms with van der Waals surface area (Å²) in [5.41, 5.74) is 0.722. The van der Waals surface area contributed by atoms with Crippen LogP contribution in [0, 0.1) is 17.1 Å². The van der Waals surface area contributed by atoms with E-state index in [1.54, 1.807) is 23.9 Å². The first-order chi connectivity index (χ1) is 9.63. The number of carbonyl (C=O) groups is 1. The Morgan fingerprint density at radius 2 is 1.95 bits per heavy atom. The van der Waals surface area contributed by atoms with Gasteiger partial charge >= 0.3 is 0 Å². The second kappa shape index (κ2) is 6.22. The van der Waals surface area contributed by atoms with Gasteiger partial charge in [0.05, 0.1) is 17.3 Å². The molecule has 0 spiro atoms. The smallest absolute Gasteiger partial charge is 0.255 e. The topological polar surface area (TPSA) is 52.9 Å². The first-order valence-electron chi connectivity index (χ1n) is 5.79. The molecule has 0 aliphatic carbocycles. The van der Waals surface area contributed by atoms with Gasteiger partial charge in [0, 0.05) is 10.5 Å². The molecule has 2 aromatic rings. The molecule has 0 fully saturated rings. The minimum atomic E-state index is -0.627. The molecular formula is C15H11FN2OS. The molecule has 100 valence electrons. The van der Waals surface area contributed by atoms with Gasteiger partial charge in [-0.1, -0.05) is 0 Å². The van der Waals surface area contributed by atoms with Crippen LogP contribution in [0.15, 0.2) is 47.4 Å². The van der Waals surface area contributed by atoms with Crippen molar-refractivity contribution in [1.29, 1.82) is 5.26 Å². The predicted octanol–water partition coefficient (Wildman–Crippen LogP) is 3.67. The van der Waals surface area contributed by atoms with Crippen LogP contribution in [0.25, 0.3) is 0 Å². The van der Waals surface area contributed by atoms with Gasteiger partial charge in [-0.05, 0) is 48.7 Å². The quantitative estimate of drug-likeness (QED) is 0.876. The van der Waals surface area contributed by atoms with Gasteiger partial charge in [0.2, 0.25) is 0 Å². The van der Waals surface area contributed by atoms with Crippen molar-refractivity contribution >= 4 is 23.4 Å². The average Bonchev–Trinajstić information content (AvgIpc) is 2.49. The van der Waals surface area contributed by atoms with Crippen molar-refractivity contribution in [2.45, 2.75) is 4.90 Å². The third kappa shape index (κ3) is 3.16. The van der Waals surface area contributed by atoms with Crippen molar-refractivity contribution in [1.82, 2.24) is 0 Å². The highest BCUT2D eigenvalue weighted by Crippen LogP contribution is 2.18. The average molecular weight is 286 g/mol. The first kappa shape index (κ1) is 14.1. The summed E-state index contributed by atoms with van der Waals surface area (Å²) in [6.07, 6.45) is 1.95. The summed E-state index contributed by atoms with van der Waals surface area (Å²) in [5, 5.41) is 11.1. The van der Waals surface area contributed by atoms with E-state index in [-0.39, 0.29) is 17.2 Å². The molecule has 1 amide bonds. The largest absolute Gasteiger partial charge is 0.319 e. The Morgan fingerprint density at radius 3 is 2.50 bits per heavy atom. The number of nitrogens with zero attached hydrogens (tertiary/aromatic N) is 1. The van der Waals surface area contributed by atoms with E-state index in [0.29, 0.717) is 5.56 Å². The van der Waals surface area contributed by atoms with Gasteiger partial charge in [0.15, 0.2) is 0 Å². The normalized spacial score (nSPS) is 9.85. The lowest BCUT2D eigenvalue weighted by atomic mass is 10.2. The van der Waals surface area contributed by atoms with Crippen molar-refractivity contribution < 1.29 is 9.18 Å². The number of nitrogens with one attached hydrogen (secondary N) is 1. The van der Waals surface area contributed by atoms with E-state index in [1.165, 1.54) is 12.1 Å². The molecule has 1 N–H and O–H groups in total. The third-order valence-electron chi connectivity index (χ3n) is 2.70. The van der Waals surface area contributed by atoms with Gasteiger partial charge in [0.25, 0.3) is 5.91 Å². The van der Waals surface area contributed by atoms with Crippen LogP contribution in [0.5, 0.6) is 0 Å². The molecule has 0 heterocycles. The summed E-state index contributed by atoms with van der Waals surface area (Å²) in [7, 11) is 0. The minimum absolute atomic E-state index is 0.0583. The third-order valence-corrected chi connectivity index (χ3v) is 3.44. The maximum atomic E-state index is 13.7. The molecular weight excluding hydrogens is 275 g/mol. The molecule has 0 aromatic heterocycles. The molecule has 0 unspecified atom stereocenters. The molecule has 3 nitrogen and oxygen atoms in total.